The van der Waals surface area contributed by atoms with Gasteiger partial charge < -0.3 is 9.84 Å². The number of ether oxygens (including phenoxy) is 1. The van der Waals surface area contributed by atoms with E-state index in [9.17, 15) is 9.50 Å². The maximum Gasteiger partial charge on any atom is 0.124 e. The summed E-state index contributed by atoms with van der Waals surface area (Å²) in [4.78, 5) is 0. The molecule has 0 bridgehead atoms. The Labute approximate surface area is 75.3 Å². The van der Waals surface area contributed by atoms with E-state index >= 15 is 0 Å². The Morgan fingerprint density at radius 1 is 1.15 bits per heavy atom. The average Bonchev–Trinajstić information content (AvgIpc) is 2.53. The van der Waals surface area contributed by atoms with E-state index in [1.165, 1.54) is 12.1 Å². The summed E-state index contributed by atoms with van der Waals surface area (Å²) >= 11 is 0. The first-order chi connectivity index (χ1) is 6.27. The van der Waals surface area contributed by atoms with Gasteiger partial charge in [-0.25, -0.2) is 4.39 Å². The summed E-state index contributed by atoms with van der Waals surface area (Å²) in [5, 5.41) is 9.37. The molecule has 0 fully saturated rings. The van der Waals surface area contributed by atoms with Gasteiger partial charge in [0.05, 0.1) is 6.61 Å². The van der Waals surface area contributed by atoms with Crippen molar-refractivity contribution in [2.45, 2.75) is 0 Å². The SMILES string of the molecule is OC1=C(c2ccc(F)cc2)COC1. The fourth-order valence-electron chi connectivity index (χ4n) is 1.32. The van der Waals surface area contributed by atoms with Gasteiger partial charge in [0, 0.05) is 5.57 Å². The lowest BCUT2D eigenvalue weighted by Crippen LogP contribution is -1.88. The summed E-state index contributed by atoms with van der Waals surface area (Å²) in [6, 6.07) is 6.01. The van der Waals surface area contributed by atoms with E-state index < -0.39 is 0 Å². The van der Waals surface area contributed by atoms with Gasteiger partial charge in [-0.05, 0) is 17.7 Å². The number of rotatable bonds is 1. The van der Waals surface area contributed by atoms with E-state index in [0.717, 1.165) is 11.1 Å². The number of halogens is 1. The van der Waals surface area contributed by atoms with Crippen LogP contribution in [0, 0.1) is 5.82 Å². The molecule has 0 aliphatic carbocycles. The van der Waals surface area contributed by atoms with Crippen LogP contribution in [-0.2, 0) is 4.74 Å². The molecule has 1 aliphatic heterocycles. The molecular formula is C10H9FO2. The van der Waals surface area contributed by atoms with Crippen LogP contribution >= 0.6 is 0 Å². The van der Waals surface area contributed by atoms with Crippen molar-refractivity contribution in [1.82, 2.24) is 0 Å². The van der Waals surface area contributed by atoms with Crippen LogP contribution in [0.4, 0.5) is 4.39 Å². The highest BCUT2D eigenvalue weighted by Gasteiger charge is 2.15. The van der Waals surface area contributed by atoms with Crippen molar-refractivity contribution < 1.29 is 14.2 Å². The van der Waals surface area contributed by atoms with Crippen LogP contribution in [0.3, 0.4) is 0 Å². The molecule has 68 valence electrons. The third-order valence-electron chi connectivity index (χ3n) is 2.03. The quantitative estimate of drug-likeness (QED) is 0.717. The molecule has 2 nitrogen and oxygen atoms in total. The molecule has 0 radical (unpaired) electrons. The zero-order valence-electron chi connectivity index (χ0n) is 6.96. The van der Waals surface area contributed by atoms with E-state index in [2.05, 4.69) is 0 Å². The predicted octanol–water partition coefficient (Wildman–Crippen LogP) is 2.12. The second-order valence-electron chi connectivity index (χ2n) is 2.92. The molecule has 1 aliphatic rings. The first-order valence-electron chi connectivity index (χ1n) is 4.02. The fraction of sp³-hybridized carbons (Fsp3) is 0.200. The smallest absolute Gasteiger partial charge is 0.124 e. The van der Waals surface area contributed by atoms with Gasteiger partial charge >= 0.3 is 0 Å². The average molecular weight is 180 g/mol. The predicted molar refractivity (Wildman–Crippen MR) is 46.8 cm³/mol. The van der Waals surface area contributed by atoms with Crippen LogP contribution in [0.1, 0.15) is 5.56 Å². The molecule has 1 aromatic carbocycles. The monoisotopic (exact) mass is 180 g/mol. The maximum atomic E-state index is 12.6. The minimum absolute atomic E-state index is 0.242. The Kier molecular flexibility index (Phi) is 2.02. The van der Waals surface area contributed by atoms with Crippen molar-refractivity contribution in [1.29, 1.82) is 0 Å². The number of hydrogen-bond donors (Lipinski definition) is 1. The lowest BCUT2D eigenvalue weighted by Gasteiger charge is -2.00. The summed E-state index contributed by atoms with van der Waals surface area (Å²) in [5.41, 5.74) is 1.57. The minimum Gasteiger partial charge on any atom is -0.509 e. The van der Waals surface area contributed by atoms with E-state index in [1.54, 1.807) is 12.1 Å². The molecule has 3 heteroatoms. The third kappa shape index (κ3) is 1.55. The molecule has 0 unspecified atom stereocenters. The lowest BCUT2D eigenvalue weighted by molar-refractivity contribution is 0.185. The van der Waals surface area contributed by atoms with Gasteiger partial charge in [0.25, 0.3) is 0 Å². The zero-order valence-corrected chi connectivity index (χ0v) is 6.96. The van der Waals surface area contributed by atoms with Gasteiger partial charge in [-0.3, -0.25) is 0 Å². The van der Waals surface area contributed by atoms with Gasteiger partial charge in [0.15, 0.2) is 0 Å². The van der Waals surface area contributed by atoms with Gasteiger partial charge in [-0.1, -0.05) is 12.1 Å². The molecule has 1 aromatic rings. The first kappa shape index (κ1) is 8.26. The number of benzene rings is 1. The molecule has 0 aromatic heterocycles. The lowest BCUT2D eigenvalue weighted by atomic mass is 10.1. The van der Waals surface area contributed by atoms with Crippen LogP contribution in [-0.4, -0.2) is 18.3 Å². The Hall–Kier alpha value is -1.35. The third-order valence-corrected chi connectivity index (χ3v) is 2.03. The summed E-state index contributed by atoms with van der Waals surface area (Å²) in [7, 11) is 0. The highest BCUT2D eigenvalue weighted by atomic mass is 19.1. The minimum atomic E-state index is -0.275. The summed E-state index contributed by atoms with van der Waals surface area (Å²) in [6.07, 6.45) is 0. The van der Waals surface area contributed by atoms with Crippen molar-refractivity contribution in [2.75, 3.05) is 13.2 Å². The molecule has 0 saturated heterocycles. The fourth-order valence-corrected chi connectivity index (χ4v) is 1.32. The largest absolute Gasteiger partial charge is 0.509 e. The van der Waals surface area contributed by atoms with Crippen molar-refractivity contribution in [2.24, 2.45) is 0 Å². The number of aliphatic hydroxyl groups excluding tert-OH is 1. The van der Waals surface area contributed by atoms with Crippen LogP contribution < -0.4 is 0 Å². The Morgan fingerprint density at radius 3 is 2.38 bits per heavy atom. The number of hydrogen-bond acceptors (Lipinski definition) is 2. The molecular weight excluding hydrogens is 171 g/mol. The standard InChI is InChI=1S/C10H9FO2/c11-8-3-1-7(2-4-8)9-5-13-6-10(9)12/h1-4,12H,5-6H2. The van der Waals surface area contributed by atoms with E-state index in [0.29, 0.717) is 6.61 Å². The summed E-state index contributed by atoms with van der Waals surface area (Å²) < 4.78 is 17.6. The molecule has 1 N–H and O–H groups in total. The van der Waals surface area contributed by atoms with Gasteiger partial charge in [-0.2, -0.15) is 0 Å². The van der Waals surface area contributed by atoms with E-state index in [-0.39, 0.29) is 18.2 Å². The molecule has 1 heterocycles. The molecule has 0 atom stereocenters. The van der Waals surface area contributed by atoms with Gasteiger partial charge in [0.2, 0.25) is 0 Å². The van der Waals surface area contributed by atoms with Crippen molar-refractivity contribution in [3.63, 3.8) is 0 Å². The number of aliphatic hydroxyl groups is 1. The van der Waals surface area contributed by atoms with Crippen molar-refractivity contribution in [3.05, 3.63) is 41.4 Å². The zero-order chi connectivity index (χ0) is 9.26. The van der Waals surface area contributed by atoms with Crippen molar-refractivity contribution >= 4 is 5.57 Å². The molecule has 2 rings (SSSR count). The second kappa shape index (κ2) is 3.18. The first-order valence-corrected chi connectivity index (χ1v) is 4.02. The maximum absolute atomic E-state index is 12.6. The van der Waals surface area contributed by atoms with Gasteiger partial charge in [-0.15, -0.1) is 0 Å². The molecule has 0 saturated carbocycles. The van der Waals surface area contributed by atoms with Crippen LogP contribution in [0.2, 0.25) is 0 Å². The van der Waals surface area contributed by atoms with Crippen LogP contribution in [0.5, 0.6) is 0 Å². The van der Waals surface area contributed by atoms with Crippen LogP contribution in [0.25, 0.3) is 5.57 Å². The normalized spacial score (nSPS) is 16.7. The van der Waals surface area contributed by atoms with E-state index in [1.807, 2.05) is 0 Å². The van der Waals surface area contributed by atoms with Crippen molar-refractivity contribution in [3.8, 4) is 0 Å². The summed E-state index contributed by atoms with van der Waals surface area (Å²) in [6.45, 7) is 0.657. The Balaban J connectivity index is 2.36. The molecule has 0 spiro atoms. The Bertz CT molecular complexity index is 340. The highest BCUT2D eigenvalue weighted by molar-refractivity contribution is 5.69. The Morgan fingerprint density at radius 2 is 1.85 bits per heavy atom. The van der Waals surface area contributed by atoms with Crippen LogP contribution in [0.15, 0.2) is 30.0 Å². The molecule has 13 heavy (non-hydrogen) atoms. The summed E-state index contributed by atoms with van der Waals surface area (Å²) in [5.74, 6) is -0.0330. The second-order valence-corrected chi connectivity index (χ2v) is 2.92. The molecule has 0 amide bonds. The highest BCUT2D eigenvalue weighted by Crippen LogP contribution is 2.23. The van der Waals surface area contributed by atoms with Gasteiger partial charge in [0.1, 0.15) is 18.2 Å². The van der Waals surface area contributed by atoms with E-state index in [4.69, 9.17) is 4.74 Å². The topological polar surface area (TPSA) is 29.5 Å².